The highest BCUT2D eigenvalue weighted by Gasteiger charge is 2.06. The minimum atomic E-state index is 0. The molecule has 0 amide bonds. The van der Waals surface area contributed by atoms with Crippen molar-refractivity contribution in [3.63, 3.8) is 0 Å². The summed E-state index contributed by atoms with van der Waals surface area (Å²) in [6, 6.07) is 10.5. The number of rotatable bonds is 5. The van der Waals surface area contributed by atoms with Gasteiger partial charge in [-0.25, -0.2) is 4.98 Å². The van der Waals surface area contributed by atoms with Gasteiger partial charge in [-0.1, -0.05) is 37.3 Å². The van der Waals surface area contributed by atoms with Crippen LogP contribution in [-0.4, -0.2) is 16.4 Å². The molecular weight excluding hydrogens is 266 g/mol. The molecule has 0 aliphatic heterocycles. The molecule has 1 aromatic carbocycles. The molecule has 3 nitrogen and oxygen atoms in total. The lowest BCUT2D eigenvalue weighted by Crippen LogP contribution is -2.21. The Hall–Kier alpha value is -1.10. The second-order valence-electron chi connectivity index (χ2n) is 3.95. The monoisotopic (exact) mass is 283 g/mol. The van der Waals surface area contributed by atoms with E-state index in [4.69, 9.17) is 5.73 Å². The van der Waals surface area contributed by atoms with E-state index in [0.29, 0.717) is 5.13 Å². The van der Waals surface area contributed by atoms with Gasteiger partial charge in [0.25, 0.3) is 0 Å². The van der Waals surface area contributed by atoms with Crippen LogP contribution in [0.25, 0.3) is 0 Å². The van der Waals surface area contributed by atoms with Crippen LogP contribution in [0.3, 0.4) is 0 Å². The van der Waals surface area contributed by atoms with Gasteiger partial charge < -0.3 is 5.73 Å². The van der Waals surface area contributed by atoms with Crippen LogP contribution in [0.5, 0.6) is 0 Å². The molecule has 0 atom stereocenters. The molecule has 2 N–H and O–H groups in total. The number of nitrogens with zero attached hydrogens (tertiary/aromatic N) is 2. The van der Waals surface area contributed by atoms with Crippen LogP contribution < -0.4 is 5.73 Å². The molecule has 0 radical (unpaired) electrons. The van der Waals surface area contributed by atoms with Gasteiger partial charge in [0.15, 0.2) is 5.13 Å². The minimum absolute atomic E-state index is 0. The molecule has 0 spiro atoms. The SMILES string of the molecule is CCN(Cc1ccccc1)Cc1cnc(N)s1.Cl. The largest absolute Gasteiger partial charge is 0.375 e. The minimum Gasteiger partial charge on any atom is -0.375 e. The van der Waals surface area contributed by atoms with Gasteiger partial charge in [0.05, 0.1) is 0 Å². The molecule has 0 aliphatic carbocycles. The molecule has 2 aromatic rings. The van der Waals surface area contributed by atoms with Crippen molar-refractivity contribution in [2.75, 3.05) is 12.3 Å². The van der Waals surface area contributed by atoms with Crippen LogP contribution in [0.2, 0.25) is 0 Å². The number of halogens is 1. The van der Waals surface area contributed by atoms with E-state index in [1.165, 1.54) is 10.4 Å². The predicted molar refractivity (Wildman–Crippen MR) is 80.0 cm³/mol. The van der Waals surface area contributed by atoms with Crippen molar-refractivity contribution in [3.05, 3.63) is 47.0 Å². The van der Waals surface area contributed by atoms with E-state index in [1.54, 1.807) is 11.3 Å². The number of benzene rings is 1. The maximum Gasteiger partial charge on any atom is 0.180 e. The molecule has 98 valence electrons. The molecule has 0 unspecified atom stereocenters. The van der Waals surface area contributed by atoms with Gasteiger partial charge in [-0.3, -0.25) is 4.90 Å². The first-order chi connectivity index (χ1) is 8.28. The van der Waals surface area contributed by atoms with E-state index in [1.807, 2.05) is 12.3 Å². The van der Waals surface area contributed by atoms with Crippen LogP contribution in [0.1, 0.15) is 17.4 Å². The Labute approximate surface area is 118 Å². The summed E-state index contributed by atoms with van der Waals surface area (Å²) in [7, 11) is 0. The summed E-state index contributed by atoms with van der Waals surface area (Å²) in [5.41, 5.74) is 6.98. The third kappa shape index (κ3) is 4.29. The van der Waals surface area contributed by atoms with Crippen molar-refractivity contribution in [3.8, 4) is 0 Å². The fourth-order valence-corrected chi connectivity index (χ4v) is 2.46. The van der Waals surface area contributed by atoms with Crippen LogP contribution >= 0.6 is 23.7 Å². The van der Waals surface area contributed by atoms with Gasteiger partial charge in [0.1, 0.15) is 0 Å². The molecular formula is C13H18ClN3S. The third-order valence-corrected chi connectivity index (χ3v) is 3.46. The summed E-state index contributed by atoms with van der Waals surface area (Å²) >= 11 is 1.57. The van der Waals surface area contributed by atoms with E-state index in [9.17, 15) is 0 Å². The maximum absolute atomic E-state index is 5.64. The Morgan fingerprint density at radius 1 is 1.22 bits per heavy atom. The Morgan fingerprint density at radius 2 is 1.94 bits per heavy atom. The first-order valence-electron chi connectivity index (χ1n) is 5.74. The second-order valence-corrected chi connectivity index (χ2v) is 5.10. The summed E-state index contributed by atoms with van der Waals surface area (Å²) in [5.74, 6) is 0. The Kier molecular flexibility index (Phi) is 6.12. The summed E-state index contributed by atoms with van der Waals surface area (Å²) in [5, 5.41) is 0.649. The first-order valence-corrected chi connectivity index (χ1v) is 6.56. The lowest BCUT2D eigenvalue weighted by Gasteiger charge is -2.19. The smallest absolute Gasteiger partial charge is 0.180 e. The van der Waals surface area contributed by atoms with Gasteiger partial charge in [-0.15, -0.1) is 23.7 Å². The number of hydrogen-bond acceptors (Lipinski definition) is 4. The normalized spacial score (nSPS) is 10.3. The highest BCUT2D eigenvalue weighted by molar-refractivity contribution is 7.15. The molecule has 0 bridgehead atoms. The fourth-order valence-electron chi connectivity index (χ4n) is 1.74. The molecule has 1 aromatic heterocycles. The van der Waals surface area contributed by atoms with Gasteiger partial charge in [-0.05, 0) is 12.1 Å². The molecule has 2 rings (SSSR count). The second kappa shape index (κ2) is 7.36. The number of aromatic nitrogens is 1. The summed E-state index contributed by atoms with van der Waals surface area (Å²) in [4.78, 5) is 7.68. The summed E-state index contributed by atoms with van der Waals surface area (Å²) in [6.45, 7) is 5.08. The van der Waals surface area contributed by atoms with E-state index in [-0.39, 0.29) is 12.4 Å². The predicted octanol–water partition coefficient (Wildman–Crippen LogP) is 3.17. The molecule has 1 heterocycles. The third-order valence-electron chi connectivity index (χ3n) is 2.65. The molecule has 0 saturated heterocycles. The average Bonchev–Trinajstić information content (AvgIpc) is 2.75. The zero-order valence-corrected chi connectivity index (χ0v) is 12.0. The number of anilines is 1. The molecule has 0 saturated carbocycles. The summed E-state index contributed by atoms with van der Waals surface area (Å²) < 4.78 is 0. The van der Waals surface area contributed by atoms with Crippen LogP contribution in [-0.2, 0) is 13.1 Å². The Bertz CT molecular complexity index is 458. The maximum atomic E-state index is 5.64. The van der Waals surface area contributed by atoms with E-state index >= 15 is 0 Å². The molecule has 5 heteroatoms. The highest BCUT2D eigenvalue weighted by Crippen LogP contribution is 2.17. The quantitative estimate of drug-likeness (QED) is 0.916. The van der Waals surface area contributed by atoms with E-state index in [0.717, 1.165) is 19.6 Å². The van der Waals surface area contributed by atoms with E-state index < -0.39 is 0 Å². The number of thiazole rings is 1. The molecule has 0 fully saturated rings. The topological polar surface area (TPSA) is 42.2 Å². The van der Waals surface area contributed by atoms with Crippen LogP contribution in [0.4, 0.5) is 5.13 Å². The molecule has 0 aliphatic rings. The van der Waals surface area contributed by atoms with Crippen LogP contribution in [0, 0.1) is 0 Å². The highest BCUT2D eigenvalue weighted by atomic mass is 35.5. The van der Waals surface area contributed by atoms with Crippen molar-refractivity contribution >= 4 is 28.9 Å². The van der Waals surface area contributed by atoms with Gasteiger partial charge in [0, 0.05) is 24.2 Å². The van der Waals surface area contributed by atoms with Crippen molar-refractivity contribution < 1.29 is 0 Å². The Morgan fingerprint density at radius 3 is 2.50 bits per heavy atom. The van der Waals surface area contributed by atoms with Crippen molar-refractivity contribution in [2.24, 2.45) is 0 Å². The zero-order chi connectivity index (χ0) is 12.1. The standard InChI is InChI=1S/C13H17N3S.ClH/c1-2-16(9-11-6-4-3-5-7-11)10-12-8-15-13(14)17-12;/h3-8H,2,9-10H2,1H3,(H2,14,15);1H. The lowest BCUT2D eigenvalue weighted by molar-refractivity contribution is 0.273. The van der Waals surface area contributed by atoms with Crippen LogP contribution in [0.15, 0.2) is 36.5 Å². The zero-order valence-electron chi connectivity index (χ0n) is 10.4. The molecule has 18 heavy (non-hydrogen) atoms. The first kappa shape index (κ1) is 15.0. The fraction of sp³-hybridized carbons (Fsp3) is 0.308. The van der Waals surface area contributed by atoms with Gasteiger partial charge in [-0.2, -0.15) is 0 Å². The van der Waals surface area contributed by atoms with Crippen molar-refractivity contribution in [1.82, 2.24) is 9.88 Å². The van der Waals surface area contributed by atoms with E-state index in [2.05, 4.69) is 41.1 Å². The van der Waals surface area contributed by atoms with Crippen molar-refractivity contribution in [2.45, 2.75) is 20.0 Å². The lowest BCUT2D eigenvalue weighted by atomic mass is 10.2. The number of nitrogens with two attached hydrogens (primary N) is 1. The number of nitrogen functional groups attached to an aromatic ring is 1. The van der Waals surface area contributed by atoms with Gasteiger partial charge >= 0.3 is 0 Å². The van der Waals surface area contributed by atoms with Gasteiger partial charge in [0.2, 0.25) is 0 Å². The number of hydrogen-bond donors (Lipinski definition) is 1. The van der Waals surface area contributed by atoms with Crippen molar-refractivity contribution in [1.29, 1.82) is 0 Å². The average molecular weight is 284 g/mol. The summed E-state index contributed by atoms with van der Waals surface area (Å²) in [6.07, 6.45) is 1.87. The Balaban J connectivity index is 0.00000162.